The normalized spacial score (nSPS) is 15.6. The van der Waals surface area contributed by atoms with Crippen molar-refractivity contribution in [1.29, 1.82) is 0 Å². The second-order valence-electron chi connectivity index (χ2n) is 12.4. The van der Waals surface area contributed by atoms with E-state index in [0.29, 0.717) is 56.3 Å². The molecule has 1 aromatic heterocycles. The number of hydrogen-bond acceptors (Lipinski definition) is 8. The molecule has 0 bridgehead atoms. The molecule has 9 heteroatoms. The molecule has 0 radical (unpaired) electrons. The molecular formula is C34H42N4O5. The Bertz CT molecular complexity index is 1440. The number of pyridine rings is 1. The van der Waals surface area contributed by atoms with Crippen LogP contribution in [0.2, 0.25) is 0 Å². The van der Waals surface area contributed by atoms with Crippen LogP contribution in [0.1, 0.15) is 73.9 Å². The summed E-state index contributed by atoms with van der Waals surface area (Å²) >= 11 is 0. The van der Waals surface area contributed by atoms with E-state index in [1.807, 2.05) is 69.3 Å². The summed E-state index contributed by atoms with van der Waals surface area (Å²) in [5.41, 5.74) is 10.6. The van der Waals surface area contributed by atoms with Gasteiger partial charge in [-0.2, -0.15) is 0 Å². The summed E-state index contributed by atoms with van der Waals surface area (Å²) in [6.45, 7) is 7.88. The highest BCUT2D eigenvalue weighted by Crippen LogP contribution is 2.41. The van der Waals surface area contributed by atoms with Crippen LogP contribution in [-0.4, -0.2) is 54.7 Å². The minimum Gasteiger partial charge on any atom is -0.497 e. The Kier molecular flexibility index (Phi) is 9.08. The highest BCUT2D eigenvalue weighted by Gasteiger charge is 2.30. The molecule has 3 N–H and O–H groups in total. The number of nitrogens with two attached hydrogens (primary N) is 1. The van der Waals surface area contributed by atoms with Crippen LogP contribution in [0.3, 0.4) is 0 Å². The minimum absolute atomic E-state index is 0.0400. The van der Waals surface area contributed by atoms with Gasteiger partial charge >= 0.3 is 6.09 Å². The predicted molar refractivity (Wildman–Crippen MR) is 168 cm³/mol. The van der Waals surface area contributed by atoms with Gasteiger partial charge in [-0.15, -0.1) is 0 Å². The number of likely N-dealkylation sites (tertiary alicyclic amines) is 1. The van der Waals surface area contributed by atoms with Gasteiger partial charge in [0.25, 0.3) is 0 Å². The van der Waals surface area contributed by atoms with Crippen molar-refractivity contribution in [1.82, 2.24) is 9.88 Å². The zero-order chi connectivity index (χ0) is 30.6. The van der Waals surface area contributed by atoms with Gasteiger partial charge < -0.3 is 30.2 Å². The fraction of sp³-hybridized carbons (Fsp3) is 0.441. The number of carbonyl (C=O) groups excluding carboxylic acids is 2. The van der Waals surface area contributed by atoms with E-state index in [9.17, 15) is 9.59 Å². The van der Waals surface area contributed by atoms with Crippen LogP contribution in [0.4, 0.5) is 16.3 Å². The van der Waals surface area contributed by atoms with Gasteiger partial charge in [-0.05, 0) is 99.7 Å². The number of hydrogen-bond donors (Lipinski definition) is 2. The summed E-state index contributed by atoms with van der Waals surface area (Å²) in [5.74, 6) is 2.33. The van der Waals surface area contributed by atoms with Crippen LogP contribution in [0, 0.1) is 5.92 Å². The van der Waals surface area contributed by atoms with Crippen molar-refractivity contribution in [2.45, 2.75) is 64.5 Å². The van der Waals surface area contributed by atoms with E-state index in [4.69, 9.17) is 24.9 Å². The summed E-state index contributed by atoms with van der Waals surface area (Å²) < 4.78 is 17.2. The molecule has 0 unspecified atom stereocenters. The summed E-state index contributed by atoms with van der Waals surface area (Å²) in [6, 6.07) is 15.8. The quantitative estimate of drug-likeness (QED) is 0.253. The SMILES string of the molecule is COc1ccc(CNc2cccc(OCC3CC3)c2-c2cc(C3CCN(C(=O)OC(C)(C)C)CC3)c(C=O)c(N)n2)cc1. The molecule has 3 aromatic rings. The Morgan fingerprint density at radius 1 is 1.09 bits per heavy atom. The fourth-order valence-electron chi connectivity index (χ4n) is 5.38. The summed E-state index contributed by atoms with van der Waals surface area (Å²) in [4.78, 5) is 31.3. The molecule has 1 saturated carbocycles. The third kappa shape index (κ3) is 7.58. The average molecular weight is 587 g/mol. The number of anilines is 2. The second kappa shape index (κ2) is 12.9. The molecule has 1 saturated heterocycles. The van der Waals surface area contributed by atoms with Gasteiger partial charge in [-0.3, -0.25) is 4.79 Å². The molecule has 2 aromatic carbocycles. The monoisotopic (exact) mass is 586 g/mol. The highest BCUT2D eigenvalue weighted by molar-refractivity contribution is 5.88. The fourth-order valence-corrected chi connectivity index (χ4v) is 5.38. The van der Waals surface area contributed by atoms with Crippen LogP contribution in [-0.2, 0) is 11.3 Å². The molecule has 1 aliphatic heterocycles. The number of nitrogen functional groups attached to an aromatic ring is 1. The lowest BCUT2D eigenvalue weighted by atomic mass is 9.86. The number of carbonyl (C=O) groups is 2. The number of aldehydes is 1. The van der Waals surface area contributed by atoms with Crippen molar-refractivity contribution in [3.05, 3.63) is 65.2 Å². The number of benzene rings is 2. The van der Waals surface area contributed by atoms with Gasteiger partial charge in [0.15, 0.2) is 6.29 Å². The van der Waals surface area contributed by atoms with Crippen molar-refractivity contribution in [3.63, 3.8) is 0 Å². The Morgan fingerprint density at radius 2 is 1.81 bits per heavy atom. The Hall–Kier alpha value is -4.27. The number of methoxy groups -OCH3 is 1. The van der Waals surface area contributed by atoms with E-state index in [0.717, 1.165) is 40.2 Å². The first-order chi connectivity index (χ1) is 20.6. The molecule has 0 atom stereocenters. The molecule has 2 aliphatic rings. The van der Waals surface area contributed by atoms with Crippen LogP contribution in [0.5, 0.6) is 11.5 Å². The topological polar surface area (TPSA) is 116 Å². The van der Waals surface area contributed by atoms with Crippen molar-refractivity contribution in [2.75, 3.05) is 37.9 Å². The maximum atomic E-state index is 12.6. The zero-order valence-corrected chi connectivity index (χ0v) is 25.5. The molecule has 0 spiro atoms. The first-order valence-electron chi connectivity index (χ1n) is 15.0. The zero-order valence-electron chi connectivity index (χ0n) is 25.5. The largest absolute Gasteiger partial charge is 0.497 e. The molecular weight excluding hydrogens is 544 g/mol. The molecule has 1 aliphatic carbocycles. The highest BCUT2D eigenvalue weighted by atomic mass is 16.6. The smallest absolute Gasteiger partial charge is 0.410 e. The van der Waals surface area contributed by atoms with E-state index >= 15 is 0 Å². The lowest BCUT2D eigenvalue weighted by molar-refractivity contribution is 0.0204. The number of piperidine rings is 1. The number of nitrogens with one attached hydrogen (secondary N) is 1. The summed E-state index contributed by atoms with van der Waals surface area (Å²) in [7, 11) is 1.65. The van der Waals surface area contributed by atoms with Gasteiger partial charge in [-0.1, -0.05) is 18.2 Å². The molecule has 2 fully saturated rings. The lowest BCUT2D eigenvalue weighted by Crippen LogP contribution is -2.41. The third-order valence-corrected chi connectivity index (χ3v) is 7.92. The van der Waals surface area contributed by atoms with Gasteiger partial charge in [0, 0.05) is 25.3 Å². The summed E-state index contributed by atoms with van der Waals surface area (Å²) in [5, 5.41) is 3.56. The van der Waals surface area contributed by atoms with Crippen LogP contribution in [0.15, 0.2) is 48.5 Å². The van der Waals surface area contributed by atoms with Gasteiger partial charge in [0.2, 0.25) is 0 Å². The van der Waals surface area contributed by atoms with Gasteiger partial charge in [0.1, 0.15) is 22.9 Å². The lowest BCUT2D eigenvalue weighted by Gasteiger charge is -2.34. The Morgan fingerprint density at radius 3 is 2.44 bits per heavy atom. The van der Waals surface area contributed by atoms with Crippen molar-refractivity contribution in [2.24, 2.45) is 5.92 Å². The average Bonchev–Trinajstić information content (AvgIpc) is 3.83. The van der Waals surface area contributed by atoms with E-state index in [1.54, 1.807) is 12.0 Å². The predicted octanol–water partition coefficient (Wildman–Crippen LogP) is 6.67. The van der Waals surface area contributed by atoms with Gasteiger partial charge in [-0.25, -0.2) is 9.78 Å². The van der Waals surface area contributed by atoms with Crippen molar-refractivity contribution >= 4 is 23.9 Å². The maximum Gasteiger partial charge on any atom is 0.410 e. The van der Waals surface area contributed by atoms with Crippen molar-refractivity contribution in [3.8, 4) is 22.8 Å². The van der Waals surface area contributed by atoms with E-state index < -0.39 is 5.60 Å². The molecule has 228 valence electrons. The van der Waals surface area contributed by atoms with E-state index in [1.165, 1.54) is 12.8 Å². The number of nitrogens with zero attached hydrogens (tertiary/aromatic N) is 2. The first kappa shape index (κ1) is 30.2. The standard InChI is InChI=1S/C34H42N4O5/c1-34(2,3)43-33(40)38-16-14-24(15-17-38)26-18-29(37-32(35)27(26)20-39)31-28(6-5-7-30(31)42-21-23-8-9-23)36-19-22-10-12-25(41-4)13-11-22/h5-7,10-13,18,20,23-24,36H,8-9,14-17,19,21H2,1-4H3,(H2,35,37). The maximum absolute atomic E-state index is 12.6. The Balaban J connectivity index is 1.45. The van der Waals surface area contributed by atoms with Crippen LogP contribution >= 0.6 is 0 Å². The van der Waals surface area contributed by atoms with Gasteiger partial charge in [0.05, 0.1) is 30.5 Å². The number of rotatable bonds is 10. The number of amides is 1. The second-order valence-corrected chi connectivity index (χ2v) is 12.4. The number of ether oxygens (including phenoxy) is 3. The molecule has 5 rings (SSSR count). The molecule has 1 amide bonds. The molecule has 9 nitrogen and oxygen atoms in total. The summed E-state index contributed by atoms with van der Waals surface area (Å²) in [6.07, 6.45) is 4.20. The van der Waals surface area contributed by atoms with E-state index in [2.05, 4.69) is 5.32 Å². The Labute approximate surface area is 253 Å². The van der Waals surface area contributed by atoms with Crippen LogP contribution in [0.25, 0.3) is 11.3 Å². The molecule has 2 heterocycles. The third-order valence-electron chi connectivity index (χ3n) is 7.92. The van der Waals surface area contributed by atoms with E-state index in [-0.39, 0.29) is 17.8 Å². The number of aromatic nitrogens is 1. The first-order valence-corrected chi connectivity index (χ1v) is 15.0. The molecule has 43 heavy (non-hydrogen) atoms. The van der Waals surface area contributed by atoms with Crippen LogP contribution < -0.4 is 20.5 Å². The minimum atomic E-state index is -0.554. The van der Waals surface area contributed by atoms with Crippen molar-refractivity contribution < 1.29 is 23.8 Å².